The highest BCUT2D eigenvalue weighted by Gasteiger charge is 1.96. The summed E-state index contributed by atoms with van der Waals surface area (Å²) in [4.78, 5) is 10.4. The maximum atomic E-state index is 10.4. The van der Waals surface area contributed by atoms with Crippen molar-refractivity contribution in [2.45, 2.75) is 161 Å². The fraction of sp³-hybridized carbons (Fsp3) is 0.897. The molecule has 0 unspecified atom stereocenters. The van der Waals surface area contributed by atoms with E-state index in [0.29, 0.717) is 13.0 Å². The van der Waals surface area contributed by atoms with Crippen molar-refractivity contribution in [3.63, 3.8) is 0 Å². The van der Waals surface area contributed by atoms with Gasteiger partial charge in [0.1, 0.15) is 0 Å². The van der Waals surface area contributed by atoms with Gasteiger partial charge >= 0.3 is 5.97 Å². The van der Waals surface area contributed by atoms with Gasteiger partial charge in [0.05, 0.1) is 0 Å². The number of aliphatic carboxylic acids is 1. The van der Waals surface area contributed by atoms with E-state index in [9.17, 15) is 4.79 Å². The standard InChI is InChI=1S/C29H56O3/c30-28-26-24-22-20-18-16-14-12-10-8-6-4-2-1-3-5-7-9-11-13-15-17-19-21-23-25-27-29(31)32/h15,17,30H,1-14,16,18-28H2,(H,31,32)/b17-15+. The molecule has 0 fully saturated rings. The summed E-state index contributed by atoms with van der Waals surface area (Å²) in [5.41, 5.74) is 0. The average Bonchev–Trinajstić information content (AvgIpc) is 2.78. The molecular formula is C29H56O3. The second-order valence-corrected chi connectivity index (χ2v) is 9.69. The first-order valence-corrected chi connectivity index (χ1v) is 14.2. The van der Waals surface area contributed by atoms with E-state index in [1.165, 1.54) is 122 Å². The van der Waals surface area contributed by atoms with Crippen LogP contribution in [0.5, 0.6) is 0 Å². The Labute approximate surface area is 200 Å². The minimum absolute atomic E-state index is 0.318. The summed E-state index contributed by atoms with van der Waals surface area (Å²) in [5, 5.41) is 17.3. The van der Waals surface area contributed by atoms with Gasteiger partial charge in [0, 0.05) is 13.0 Å². The molecule has 0 aliphatic heterocycles. The molecule has 0 spiro atoms. The number of hydrogen-bond acceptors (Lipinski definition) is 2. The second kappa shape index (κ2) is 28.2. The third-order valence-electron chi connectivity index (χ3n) is 6.46. The molecule has 0 aromatic heterocycles. The van der Waals surface area contributed by atoms with E-state index in [1.807, 2.05) is 0 Å². The quantitative estimate of drug-likeness (QED) is 0.0963. The number of aliphatic hydroxyl groups is 1. The predicted octanol–water partition coefficient (Wildman–Crippen LogP) is 9.37. The van der Waals surface area contributed by atoms with Crippen LogP contribution >= 0.6 is 0 Å². The van der Waals surface area contributed by atoms with E-state index >= 15 is 0 Å². The van der Waals surface area contributed by atoms with Gasteiger partial charge < -0.3 is 10.2 Å². The Bertz CT molecular complexity index is 392. The molecule has 0 amide bonds. The molecule has 0 saturated carbocycles. The van der Waals surface area contributed by atoms with Crippen LogP contribution in [-0.2, 0) is 4.79 Å². The Kier molecular flexibility index (Phi) is 27.5. The number of aliphatic hydroxyl groups excluding tert-OH is 1. The van der Waals surface area contributed by atoms with Crippen molar-refractivity contribution in [3.05, 3.63) is 12.2 Å². The van der Waals surface area contributed by atoms with Crippen molar-refractivity contribution in [1.29, 1.82) is 0 Å². The molecule has 3 heteroatoms. The van der Waals surface area contributed by atoms with Crippen LogP contribution in [0.2, 0.25) is 0 Å². The number of carboxylic acids is 1. The Morgan fingerprint density at radius 1 is 0.438 bits per heavy atom. The number of hydrogen-bond donors (Lipinski definition) is 2. The maximum absolute atomic E-state index is 10.4. The van der Waals surface area contributed by atoms with Crippen molar-refractivity contribution in [3.8, 4) is 0 Å². The Balaban J connectivity index is 3.06. The molecule has 190 valence electrons. The lowest BCUT2D eigenvalue weighted by Gasteiger charge is -2.04. The highest BCUT2D eigenvalue weighted by atomic mass is 16.4. The average molecular weight is 453 g/mol. The Morgan fingerprint density at radius 2 is 0.719 bits per heavy atom. The van der Waals surface area contributed by atoms with Crippen LogP contribution in [0.1, 0.15) is 161 Å². The number of carboxylic acid groups (broad SMARTS) is 1. The summed E-state index contributed by atoms with van der Waals surface area (Å²) in [7, 11) is 0. The topological polar surface area (TPSA) is 57.5 Å². The van der Waals surface area contributed by atoms with Crippen LogP contribution in [0, 0.1) is 0 Å². The van der Waals surface area contributed by atoms with Gasteiger partial charge in [-0.1, -0.05) is 128 Å². The van der Waals surface area contributed by atoms with E-state index in [1.54, 1.807) is 0 Å². The van der Waals surface area contributed by atoms with Gasteiger partial charge in [-0.3, -0.25) is 4.79 Å². The fourth-order valence-corrected chi connectivity index (χ4v) is 4.33. The smallest absolute Gasteiger partial charge is 0.303 e. The molecule has 0 heterocycles. The summed E-state index contributed by atoms with van der Waals surface area (Å²) in [5.74, 6) is -0.671. The molecule has 0 rings (SSSR count). The van der Waals surface area contributed by atoms with Crippen molar-refractivity contribution in [1.82, 2.24) is 0 Å². The van der Waals surface area contributed by atoms with Crippen LogP contribution in [0.15, 0.2) is 12.2 Å². The van der Waals surface area contributed by atoms with Crippen molar-refractivity contribution in [2.75, 3.05) is 6.61 Å². The van der Waals surface area contributed by atoms with Gasteiger partial charge in [-0.2, -0.15) is 0 Å². The van der Waals surface area contributed by atoms with Crippen molar-refractivity contribution >= 4 is 5.97 Å². The first-order chi connectivity index (χ1) is 15.8. The van der Waals surface area contributed by atoms with Crippen molar-refractivity contribution < 1.29 is 15.0 Å². The number of carbonyl (C=O) groups is 1. The molecule has 0 aliphatic carbocycles. The van der Waals surface area contributed by atoms with E-state index in [4.69, 9.17) is 10.2 Å². The minimum atomic E-state index is -0.671. The van der Waals surface area contributed by atoms with Gasteiger partial charge in [-0.05, 0) is 38.5 Å². The van der Waals surface area contributed by atoms with Gasteiger partial charge in [0.25, 0.3) is 0 Å². The molecule has 0 aliphatic rings. The number of rotatable bonds is 27. The van der Waals surface area contributed by atoms with E-state index in [2.05, 4.69) is 12.2 Å². The zero-order valence-electron chi connectivity index (χ0n) is 21.3. The van der Waals surface area contributed by atoms with Gasteiger partial charge in [0.15, 0.2) is 0 Å². The van der Waals surface area contributed by atoms with E-state index in [0.717, 1.165) is 32.1 Å². The van der Waals surface area contributed by atoms with Crippen LogP contribution in [-0.4, -0.2) is 22.8 Å². The minimum Gasteiger partial charge on any atom is -0.481 e. The third kappa shape index (κ3) is 29.2. The molecular weight excluding hydrogens is 396 g/mol. The second-order valence-electron chi connectivity index (χ2n) is 9.69. The monoisotopic (exact) mass is 452 g/mol. The SMILES string of the molecule is O=C(O)CCCCC/C=C/CCCCCCCCCCCCCCCCCCCCCO. The van der Waals surface area contributed by atoms with Gasteiger partial charge in [-0.25, -0.2) is 0 Å². The maximum Gasteiger partial charge on any atom is 0.303 e. The van der Waals surface area contributed by atoms with E-state index in [-0.39, 0.29) is 0 Å². The first kappa shape index (κ1) is 31.2. The van der Waals surface area contributed by atoms with Gasteiger partial charge in [0.2, 0.25) is 0 Å². The molecule has 0 saturated heterocycles. The van der Waals surface area contributed by atoms with Crippen LogP contribution in [0.3, 0.4) is 0 Å². The fourth-order valence-electron chi connectivity index (χ4n) is 4.33. The number of allylic oxidation sites excluding steroid dienone is 2. The summed E-state index contributed by atoms with van der Waals surface area (Å²) in [6.45, 7) is 0.362. The van der Waals surface area contributed by atoms with Crippen LogP contribution in [0.4, 0.5) is 0 Å². The molecule has 32 heavy (non-hydrogen) atoms. The summed E-state index contributed by atoms with van der Waals surface area (Å²) in [6, 6.07) is 0. The largest absolute Gasteiger partial charge is 0.481 e. The van der Waals surface area contributed by atoms with Crippen LogP contribution < -0.4 is 0 Å². The lowest BCUT2D eigenvalue weighted by molar-refractivity contribution is -0.137. The molecule has 0 radical (unpaired) electrons. The Morgan fingerprint density at radius 3 is 1.03 bits per heavy atom. The third-order valence-corrected chi connectivity index (χ3v) is 6.46. The highest BCUT2D eigenvalue weighted by molar-refractivity contribution is 5.66. The molecule has 0 aromatic rings. The Hall–Kier alpha value is -0.830. The molecule has 3 nitrogen and oxygen atoms in total. The molecule has 0 atom stereocenters. The molecule has 0 aromatic carbocycles. The zero-order chi connectivity index (χ0) is 23.4. The zero-order valence-corrected chi connectivity index (χ0v) is 21.3. The van der Waals surface area contributed by atoms with Crippen LogP contribution in [0.25, 0.3) is 0 Å². The van der Waals surface area contributed by atoms with E-state index < -0.39 is 5.97 Å². The molecule has 2 N–H and O–H groups in total. The summed E-state index contributed by atoms with van der Waals surface area (Å²) >= 11 is 0. The normalized spacial score (nSPS) is 11.5. The lowest BCUT2D eigenvalue weighted by atomic mass is 10.0. The predicted molar refractivity (Wildman–Crippen MR) is 139 cm³/mol. The van der Waals surface area contributed by atoms with Gasteiger partial charge in [-0.15, -0.1) is 0 Å². The van der Waals surface area contributed by atoms with Crippen molar-refractivity contribution in [2.24, 2.45) is 0 Å². The summed E-state index contributed by atoms with van der Waals surface area (Å²) in [6.07, 6.45) is 36.2. The number of unbranched alkanes of at least 4 members (excludes halogenated alkanes) is 22. The first-order valence-electron chi connectivity index (χ1n) is 14.2. The summed E-state index contributed by atoms with van der Waals surface area (Å²) < 4.78 is 0. The lowest BCUT2D eigenvalue weighted by Crippen LogP contribution is -1.93. The molecule has 0 bridgehead atoms. The highest BCUT2D eigenvalue weighted by Crippen LogP contribution is 2.15.